The zero-order valence-electron chi connectivity index (χ0n) is 10.8. The van der Waals surface area contributed by atoms with Gasteiger partial charge in [0.05, 0.1) is 11.1 Å². The lowest BCUT2D eigenvalue weighted by Crippen LogP contribution is -2.27. The highest BCUT2D eigenvalue weighted by Gasteiger charge is 2.21. The Bertz CT molecular complexity index is 648. The second-order valence-corrected chi connectivity index (χ2v) is 5.89. The molecule has 1 fully saturated rings. The largest absolute Gasteiger partial charge is 0.339 e. The van der Waals surface area contributed by atoms with E-state index in [1.165, 1.54) is 0 Å². The highest BCUT2D eigenvalue weighted by molar-refractivity contribution is 9.10. The van der Waals surface area contributed by atoms with Gasteiger partial charge in [-0.25, -0.2) is 0 Å². The third-order valence-corrected chi connectivity index (χ3v) is 4.02. The lowest BCUT2D eigenvalue weighted by molar-refractivity contribution is 0.0794. The first-order valence-corrected chi connectivity index (χ1v) is 7.30. The van der Waals surface area contributed by atoms with E-state index in [0.717, 1.165) is 52.6 Å². The third-order valence-electron chi connectivity index (χ3n) is 3.52. The summed E-state index contributed by atoms with van der Waals surface area (Å²) in [6, 6.07) is 7.78. The van der Waals surface area contributed by atoms with Crippen molar-refractivity contribution in [2.24, 2.45) is 0 Å². The maximum absolute atomic E-state index is 12.6. The minimum atomic E-state index is 0.131. The number of hydrogen-bond acceptors (Lipinski definition) is 2. The van der Waals surface area contributed by atoms with Gasteiger partial charge in [-0.2, -0.15) is 0 Å². The van der Waals surface area contributed by atoms with Crippen LogP contribution in [0.2, 0.25) is 0 Å². The number of carbonyl (C=O) groups is 1. The van der Waals surface area contributed by atoms with E-state index >= 15 is 0 Å². The predicted molar refractivity (Wildman–Crippen MR) is 79.3 cm³/mol. The number of aromatic nitrogens is 1. The van der Waals surface area contributed by atoms with Crippen molar-refractivity contribution in [3.63, 3.8) is 0 Å². The maximum atomic E-state index is 12.6. The van der Waals surface area contributed by atoms with Crippen molar-refractivity contribution in [1.29, 1.82) is 0 Å². The quantitative estimate of drug-likeness (QED) is 0.805. The SMILES string of the molecule is Cc1cc(C(=O)N2CCCC2)c2cc(Br)ccc2n1. The van der Waals surface area contributed by atoms with E-state index < -0.39 is 0 Å². The highest BCUT2D eigenvalue weighted by atomic mass is 79.9. The summed E-state index contributed by atoms with van der Waals surface area (Å²) in [5.41, 5.74) is 2.54. The molecule has 1 saturated heterocycles. The average Bonchev–Trinajstić information content (AvgIpc) is 2.91. The number of nitrogens with zero attached hydrogens (tertiary/aromatic N) is 2. The molecule has 3 nitrogen and oxygen atoms in total. The molecule has 1 aromatic carbocycles. The molecule has 0 aliphatic carbocycles. The van der Waals surface area contributed by atoms with Gasteiger partial charge in [0.2, 0.25) is 0 Å². The van der Waals surface area contributed by atoms with Crippen LogP contribution in [0.15, 0.2) is 28.7 Å². The Morgan fingerprint density at radius 3 is 2.74 bits per heavy atom. The van der Waals surface area contributed by atoms with Crippen molar-refractivity contribution in [3.8, 4) is 0 Å². The minimum absolute atomic E-state index is 0.131. The van der Waals surface area contributed by atoms with E-state index in [9.17, 15) is 4.79 Å². The van der Waals surface area contributed by atoms with Crippen LogP contribution in [0.4, 0.5) is 0 Å². The number of hydrogen-bond donors (Lipinski definition) is 0. The molecule has 0 atom stereocenters. The van der Waals surface area contributed by atoms with Crippen LogP contribution >= 0.6 is 15.9 Å². The second-order valence-electron chi connectivity index (χ2n) is 4.97. The number of amides is 1. The van der Waals surface area contributed by atoms with Crippen LogP contribution in [-0.2, 0) is 0 Å². The molecular weight excluding hydrogens is 304 g/mol. The lowest BCUT2D eigenvalue weighted by atomic mass is 10.1. The Morgan fingerprint density at radius 2 is 2.00 bits per heavy atom. The van der Waals surface area contributed by atoms with Crippen LogP contribution in [0, 0.1) is 6.92 Å². The first-order chi connectivity index (χ1) is 9.15. The molecule has 2 aromatic rings. The van der Waals surface area contributed by atoms with Crippen LogP contribution in [0.25, 0.3) is 10.9 Å². The molecule has 0 saturated carbocycles. The summed E-state index contributed by atoms with van der Waals surface area (Å²) >= 11 is 3.47. The fourth-order valence-corrected chi connectivity index (χ4v) is 2.96. The predicted octanol–water partition coefficient (Wildman–Crippen LogP) is 3.54. The number of rotatable bonds is 1. The lowest BCUT2D eigenvalue weighted by Gasteiger charge is -2.17. The molecule has 2 heterocycles. The normalized spacial score (nSPS) is 15.2. The van der Waals surface area contributed by atoms with Gasteiger partial charge in [-0.1, -0.05) is 15.9 Å². The molecule has 0 unspecified atom stereocenters. The van der Waals surface area contributed by atoms with Crippen LogP contribution in [0.3, 0.4) is 0 Å². The van der Waals surface area contributed by atoms with E-state index in [0.29, 0.717) is 0 Å². The van der Waals surface area contributed by atoms with E-state index in [1.54, 1.807) is 0 Å². The zero-order valence-corrected chi connectivity index (χ0v) is 12.4. The Morgan fingerprint density at radius 1 is 1.26 bits per heavy atom. The minimum Gasteiger partial charge on any atom is -0.339 e. The number of pyridine rings is 1. The van der Waals surface area contributed by atoms with Gasteiger partial charge in [0.15, 0.2) is 0 Å². The van der Waals surface area contributed by atoms with Gasteiger partial charge in [-0.15, -0.1) is 0 Å². The van der Waals surface area contributed by atoms with Crippen LogP contribution in [0.5, 0.6) is 0 Å². The molecule has 1 amide bonds. The Labute approximate surface area is 120 Å². The summed E-state index contributed by atoms with van der Waals surface area (Å²) in [7, 11) is 0. The maximum Gasteiger partial charge on any atom is 0.254 e. The monoisotopic (exact) mass is 318 g/mol. The summed E-state index contributed by atoms with van der Waals surface area (Å²) in [5.74, 6) is 0.131. The summed E-state index contributed by atoms with van der Waals surface area (Å²) < 4.78 is 0.973. The number of aryl methyl sites for hydroxylation is 1. The highest BCUT2D eigenvalue weighted by Crippen LogP contribution is 2.25. The van der Waals surface area contributed by atoms with E-state index in [2.05, 4.69) is 20.9 Å². The first-order valence-electron chi connectivity index (χ1n) is 6.51. The molecule has 1 aliphatic rings. The van der Waals surface area contributed by atoms with Crippen molar-refractivity contribution in [2.75, 3.05) is 13.1 Å². The number of likely N-dealkylation sites (tertiary alicyclic amines) is 1. The number of benzene rings is 1. The average molecular weight is 319 g/mol. The van der Waals surface area contributed by atoms with Crippen LogP contribution in [-0.4, -0.2) is 28.9 Å². The Balaban J connectivity index is 2.15. The molecule has 3 rings (SSSR count). The third kappa shape index (κ3) is 2.37. The van der Waals surface area contributed by atoms with Crippen molar-refractivity contribution in [1.82, 2.24) is 9.88 Å². The van der Waals surface area contributed by atoms with Crippen LogP contribution < -0.4 is 0 Å². The van der Waals surface area contributed by atoms with Gasteiger partial charge >= 0.3 is 0 Å². The van der Waals surface area contributed by atoms with Crippen molar-refractivity contribution in [3.05, 3.63) is 40.0 Å². The van der Waals surface area contributed by atoms with Gasteiger partial charge in [0.1, 0.15) is 0 Å². The van der Waals surface area contributed by atoms with Crippen molar-refractivity contribution < 1.29 is 4.79 Å². The summed E-state index contributed by atoms with van der Waals surface area (Å²) in [6.45, 7) is 3.67. The molecule has 19 heavy (non-hydrogen) atoms. The van der Waals surface area contributed by atoms with Gasteiger partial charge in [-0.3, -0.25) is 9.78 Å². The van der Waals surface area contributed by atoms with E-state index in [-0.39, 0.29) is 5.91 Å². The van der Waals surface area contributed by atoms with Crippen molar-refractivity contribution in [2.45, 2.75) is 19.8 Å². The fourth-order valence-electron chi connectivity index (χ4n) is 2.60. The number of fused-ring (bicyclic) bond motifs is 1. The topological polar surface area (TPSA) is 33.2 Å². The van der Waals surface area contributed by atoms with Crippen LogP contribution in [0.1, 0.15) is 28.9 Å². The smallest absolute Gasteiger partial charge is 0.254 e. The van der Waals surface area contributed by atoms with E-state index in [4.69, 9.17) is 0 Å². The molecule has 0 radical (unpaired) electrons. The first kappa shape index (κ1) is 12.6. The molecular formula is C15H15BrN2O. The summed E-state index contributed by atoms with van der Waals surface area (Å²) in [5, 5.41) is 0.928. The van der Waals surface area contributed by atoms with Gasteiger partial charge in [-0.05, 0) is 44.0 Å². The molecule has 1 aromatic heterocycles. The Hall–Kier alpha value is -1.42. The fraction of sp³-hybridized carbons (Fsp3) is 0.333. The number of carbonyl (C=O) groups excluding carboxylic acids is 1. The zero-order chi connectivity index (χ0) is 13.4. The summed E-state index contributed by atoms with van der Waals surface area (Å²) in [4.78, 5) is 19.0. The van der Waals surface area contributed by atoms with Gasteiger partial charge in [0, 0.05) is 28.6 Å². The summed E-state index contributed by atoms with van der Waals surface area (Å²) in [6.07, 6.45) is 2.22. The van der Waals surface area contributed by atoms with Gasteiger partial charge in [0.25, 0.3) is 5.91 Å². The second kappa shape index (κ2) is 4.93. The van der Waals surface area contributed by atoms with Crippen molar-refractivity contribution >= 4 is 32.7 Å². The molecule has 0 spiro atoms. The number of halogens is 1. The molecule has 1 aliphatic heterocycles. The molecule has 4 heteroatoms. The van der Waals surface area contributed by atoms with Gasteiger partial charge < -0.3 is 4.90 Å². The Kier molecular flexibility index (Phi) is 3.27. The van der Waals surface area contributed by atoms with E-state index in [1.807, 2.05) is 36.1 Å². The standard InChI is InChI=1S/C15H15BrN2O/c1-10-8-13(15(19)18-6-2-3-7-18)12-9-11(16)4-5-14(12)17-10/h4-5,8-9H,2-3,6-7H2,1H3. The molecule has 0 bridgehead atoms. The molecule has 0 N–H and O–H groups in total. The molecule has 98 valence electrons.